The quantitative estimate of drug-likeness (QED) is 0.616. The lowest BCUT2D eigenvalue weighted by atomic mass is 10.2. The summed E-state index contributed by atoms with van der Waals surface area (Å²) < 4.78 is 15.1. The molecule has 124 valence electrons. The van der Waals surface area contributed by atoms with Crippen molar-refractivity contribution in [3.63, 3.8) is 0 Å². The van der Waals surface area contributed by atoms with Gasteiger partial charge in [-0.3, -0.25) is 14.0 Å². The Hall–Kier alpha value is -3.06. The number of nitrogens with one attached hydrogen (secondary N) is 1. The molecule has 2 aromatic heterocycles. The molecule has 1 amide bonds. The number of carbonyl (C=O) groups is 1. The minimum absolute atomic E-state index is 0.0496. The third-order valence-corrected chi connectivity index (χ3v) is 4.81. The van der Waals surface area contributed by atoms with Crippen molar-refractivity contribution in [2.45, 2.75) is 6.54 Å². The average molecular weight is 353 g/mol. The molecule has 0 radical (unpaired) electrons. The Morgan fingerprint density at radius 1 is 1.16 bits per heavy atom. The summed E-state index contributed by atoms with van der Waals surface area (Å²) in [5.74, 6) is -0.814. The van der Waals surface area contributed by atoms with Crippen LogP contribution in [0.3, 0.4) is 0 Å². The van der Waals surface area contributed by atoms with Crippen molar-refractivity contribution in [3.05, 3.63) is 81.2 Å². The maximum absolute atomic E-state index is 13.6. The summed E-state index contributed by atoms with van der Waals surface area (Å²) in [5, 5.41) is 2.64. The molecule has 0 bridgehead atoms. The Bertz CT molecular complexity index is 1170. The fourth-order valence-corrected chi connectivity index (χ4v) is 3.55. The Labute approximate surface area is 145 Å². The normalized spacial score (nSPS) is 11.1. The van der Waals surface area contributed by atoms with Crippen LogP contribution in [0.4, 0.5) is 4.39 Å². The molecule has 0 aliphatic heterocycles. The first-order valence-electron chi connectivity index (χ1n) is 7.56. The van der Waals surface area contributed by atoms with E-state index < -0.39 is 5.91 Å². The summed E-state index contributed by atoms with van der Waals surface area (Å²) in [7, 11) is 0. The molecule has 2 heterocycles. The van der Waals surface area contributed by atoms with Gasteiger partial charge in [-0.05, 0) is 18.2 Å². The first-order valence-corrected chi connectivity index (χ1v) is 8.38. The van der Waals surface area contributed by atoms with Gasteiger partial charge >= 0.3 is 0 Å². The summed E-state index contributed by atoms with van der Waals surface area (Å²) in [6.45, 7) is 0.0496. The van der Waals surface area contributed by atoms with Crippen LogP contribution in [-0.2, 0) is 6.54 Å². The Morgan fingerprint density at radius 2 is 1.92 bits per heavy atom. The minimum Gasteiger partial charge on any atom is -0.347 e. The van der Waals surface area contributed by atoms with Crippen LogP contribution in [0.1, 0.15) is 15.2 Å². The van der Waals surface area contributed by atoms with Gasteiger partial charge in [-0.1, -0.05) is 41.7 Å². The maximum atomic E-state index is 13.6. The van der Waals surface area contributed by atoms with Gasteiger partial charge in [-0.2, -0.15) is 0 Å². The van der Waals surface area contributed by atoms with Crippen LogP contribution in [-0.4, -0.2) is 15.3 Å². The average Bonchev–Trinajstić information content (AvgIpc) is 2.99. The number of amides is 1. The molecule has 0 aliphatic carbocycles. The van der Waals surface area contributed by atoms with E-state index in [2.05, 4.69) is 10.3 Å². The fourth-order valence-electron chi connectivity index (χ4n) is 2.61. The van der Waals surface area contributed by atoms with Crippen molar-refractivity contribution in [3.8, 4) is 0 Å². The molecule has 4 rings (SSSR count). The number of rotatable bonds is 3. The van der Waals surface area contributed by atoms with E-state index in [0.717, 1.165) is 11.3 Å². The summed E-state index contributed by atoms with van der Waals surface area (Å²) in [4.78, 5) is 29.8. The maximum Gasteiger partial charge on any atom is 0.261 e. The highest BCUT2D eigenvalue weighted by Gasteiger charge is 2.14. The van der Waals surface area contributed by atoms with Crippen molar-refractivity contribution in [2.24, 2.45) is 0 Å². The number of halogens is 1. The van der Waals surface area contributed by atoms with E-state index in [1.54, 1.807) is 24.3 Å². The highest BCUT2D eigenvalue weighted by Crippen LogP contribution is 2.19. The molecule has 0 atom stereocenters. The van der Waals surface area contributed by atoms with Crippen molar-refractivity contribution in [2.75, 3.05) is 0 Å². The highest BCUT2D eigenvalue weighted by atomic mass is 32.1. The van der Waals surface area contributed by atoms with Gasteiger partial charge in [-0.15, -0.1) is 0 Å². The predicted octanol–water partition coefficient (Wildman–Crippen LogP) is 2.98. The summed E-state index contributed by atoms with van der Waals surface area (Å²) in [6.07, 6.45) is 0. The zero-order valence-corrected chi connectivity index (χ0v) is 13.7. The molecule has 25 heavy (non-hydrogen) atoms. The molecule has 0 spiro atoms. The van der Waals surface area contributed by atoms with Gasteiger partial charge in [0.2, 0.25) is 0 Å². The largest absolute Gasteiger partial charge is 0.347 e. The third-order valence-electron chi connectivity index (χ3n) is 3.83. The van der Waals surface area contributed by atoms with Crippen LogP contribution in [0.15, 0.2) is 59.4 Å². The van der Waals surface area contributed by atoms with Crippen LogP contribution in [0, 0.1) is 5.82 Å². The van der Waals surface area contributed by atoms with E-state index in [-0.39, 0.29) is 22.8 Å². The van der Waals surface area contributed by atoms with E-state index in [0.29, 0.717) is 21.6 Å². The van der Waals surface area contributed by atoms with Gasteiger partial charge in [0.05, 0.1) is 11.0 Å². The monoisotopic (exact) mass is 353 g/mol. The number of para-hydroxylation sites is 2. The second-order valence-electron chi connectivity index (χ2n) is 5.44. The molecule has 0 unspecified atom stereocenters. The molecule has 2 aromatic carbocycles. The lowest BCUT2D eigenvalue weighted by molar-refractivity contribution is 0.0954. The van der Waals surface area contributed by atoms with Crippen molar-refractivity contribution < 1.29 is 9.18 Å². The van der Waals surface area contributed by atoms with E-state index in [9.17, 15) is 14.0 Å². The number of aromatic nitrogens is 2. The third kappa shape index (κ3) is 2.78. The first-order chi connectivity index (χ1) is 12.1. The molecule has 7 heteroatoms. The smallest absolute Gasteiger partial charge is 0.261 e. The second-order valence-corrected chi connectivity index (χ2v) is 6.45. The predicted molar refractivity (Wildman–Crippen MR) is 94.4 cm³/mol. The standard InChI is InChI=1S/C18H12FN3O2S/c19-12-6-2-1-5-11(12)10-20-17(24)15-9-16(23)22-14-8-4-3-7-13(14)21-18(22)25-15/h1-9H,10H2,(H,20,24). The van der Waals surface area contributed by atoms with Gasteiger partial charge in [0, 0.05) is 18.2 Å². The molecule has 0 aliphatic rings. The Kier molecular flexibility index (Phi) is 3.77. The lowest BCUT2D eigenvalue weighted by Crippen LogP contribution is -2.24. The van der Waals surface area contributed by atoms with Crippen LogP contribution < -0.4 is 10.9 Å². The lowest BCUT2D eigenvalue weighted by Gasteiger charge is -2.06. The van der Waals surface area contributed by atoms with Gasteiger partial charge < -0.3 is 5.32 Å². The summed E-state index contributed by atoms with van der Waals surface area (Å²) in [5.41, 5.74) is 1.46. The van der Waals surface area contributed by atoms with Gasteiger partial charge in [0.25, 0.3) is 11.5 Å². The summed E-state index contributed by atoms with van der Waals surface area (Å²) in [6, 6.07) is 14.8. The number of hydrogen-bond donors (Lipinski definition) is 1. The fraction of sp³-hybridized carbons (Fsp3) is 0.0556. The summed E-state index contributed by atoms with van der Waals surface area (Å²) >= 11 is 1.12. The first kappa shape index (κ1) is 15.5. The van der Waals surface area contributed by atoms with E-state index in [1.165, 1.54) is 16.5 Å². The number of hydrogen-bond acceptors (Lipinski definition) is 4. The zero-order chi connectivity index (χ0) is 17.4. The minimum atomic E-state index is -0.431. The van der Waals surface area contributed by atoms with Crippen LogP contribution in [0.2, 0.25) is 0 Å². The van der Waals surface area contributed by atoms with Gasteiger partial charge in [-0.25, -0.2) is 9.37 Å². The van der Waals surface area contributed by atoms with Gasteiger partial charge in [0.15, 0.2) is 4.96 Å². The van der Waals surface area contributed by atoms with Crippen LogP contribution in [0.5, 0.6) is 0 Å². The molecule has 5 nitrogen and oxygen atoms in total. The van der Waals surface area contributed by atoms with Crippen LogP contribution >= 0.6 is 11.3 Å². The zero-order valence-electron chi connectivity index (χ0n) is 12.9. The number of benzene rings is 2. The van der Waals surface area contributed by atoms with Crippen LogP contribution in [0.25, 0.3) is 16.0 Å². The Morgan fingerprint density at radius 3 is 2.76 bits per heavy atom. The van der Waals surface area contributed by atoms with E-state index in [4.69, 9.17) is 0 Å². The topological polar surface area (TPSA) is 63.5 Å². The van der Waals surface area contributed by atoms with Gasteiger partial charge in [0.1, 0.15) is 10.7 Å². The van der Waals surface area contributed by atoms with Crippen molar-refractivity contribution in [1.82, 2.24) is 14.7 Å². The highest BCUT2D eigenvalue weighted by molar-refractivity contribution is 7.18. The molecule has 0 saturated heterocycles. The Balaban J connectivity index is 1.67. The molecular formula is C18H12FN3O2S. The molecule has 0 fully saturated rings. The second kappa shape index (κ2) is 6.10. The molecule has 4 aromatic rings. The molecular weight excluding hydrogens is 341 g/mol. The number of imidazole rings is 1. The number of carbonyl (C=O) groups excluding carboxylic acids is 1. The van der Waals surface area contributed by atoms with E-state index >= 15 is 0 Å². The number of nitrogens with zero attached hydrogens (tertiary/aromatic N) is 2. The molecule has 1 N–H and O–H groups in total. The number of fused-ring (bicyclic) bond motifs is 3. The van der Waals surface area contributed by atoms with Crippen molar-refractivity contribution in [1.29, 1.82) is 0 Å². The van der Waals surface area contributed by atoms with Crippen molar-refractivity contribution >= 4 is 33.2 Å². The SMILES string of the molecule is O=C(NCc1ccccc1F)c1cc(=O)n2c(nc3ccccc32)s1. The van der Waals surface area contributed by atoms with E-state index in [1.807, 2.05) is 18.2 Å². The molecule has 0 saturated carbocycles.